The molecule has 0 spiro atoms. The van der Waals surface area contributed by atoms with Gasteiger partial charge in [0.15, 0.2) is 0 Å². The number of nitro benzene ring substituents is 1. The van der Waals surface area contributed by atoms with Crippen molar-refractivity contribution in [2.24, 2.45) is 24.3 Å². The van der Waals surface area contributed by atoms with E-state index in [1.807, 2.05) is 0 Å². The van der Waals surface area contributed by atoms with Gasteiger partial charge in [-0.05, 0) is 6.07 Å². The van der Waals surface area contributed by atoms with Crippen molar-refractivity contribution < 1.29 is 10.0 Å². The molecule has 0 fully saturated rings. The first-order valence-corrected chi connectivity index (χ1v) is 5.98. The van der Waals surface area contributed by atoms with E-state index in [0.29, 0.717) is 0 Å². The van der Waals surface area contributed by atoms with Gasteiger partial charge in [-0.2, -0.15) is 0 Å². The SMILES string of the molecule is Cn1c(O)c(N=Nc2cccc([N+](=O)[O-])c2)c(=O)n(C)c1=O. The van der Waals surface area contributed by atoms with Crippen LogP contribution in [-0.2, 0) is 14.1 Å². The van der Waals surface area contributed by atoms with E-state index in [4.69, 9.17) is 0 Å². The van der Waals surface area contributed by atoms with Crippen molar-refractivity contribution in [1.82, 2.24) is 9.13 Å². The lowest BCUT2D eigenvalue weighted by Crippen LogP contribution is -2.36. The van der Waals surface area contributed by atoms with Gasteiger partial charge in [-0.3, -0.25) is 24.0 Å². The van der Waals surface area contributed by atoms with E-state index < -0.39 is 27.7 Å². The first-order valence-electron chi connectivity index (χ1n) is 5.98. The van der Waals surface area contributed by atoms with Crippen LogP contribution in [0.3, 0.4) is 0 Å². The second-order valence-electron chi connectivity index (χ2n) is 4.35. The topological polar surface area (TPSA) is 132 Å². The molecule has 0 radical (unpaired) electrons. The number of aromatic nitrogens is 2. The predicted octanol–water partition coefficient (Wildman–Crippen LogP) is 1.11. The molecule has 22 heavy (non-hydrogen) atoms. The highest BCUT2D eigenvalue weighted by Gasteiger charge is 2.14. The molecule has 0 saturated heterocycles. The van der Waals surface area contributed by atoms with E-state index >= 15 is 0 Å². The van der Waals surface area contributed by atoms with Crippen molar-refractivity contribution in [3.05, 3.63) is 55.2 Å². The van der Waals surface area contributed by atoms with Crippen LogP contribution in [0.15, 0.2) is 44.1 Å². The fourth-order valence-electron chi connectivity index (χ4n) is 1.68. The van der Waals surface area contributed by atoms with Crippen molar-refractivity contribution in [2.75, 3.05) is 0 Å². The summed E-state index contributed by atoms with van der Waals surface area (Å²) in [6.07, 6.45) is 0. The van der Waals surface area contributed by atoms with Crippen LogP contribution in [0.5, 0.6) is 5.88 Å². The van der Waals surface area contributed by atoms with Gasteiger partial charge < -0.3 is 5.11 Å². The minimum absolute atomic E-state index is 0.129. The van der Waals surface area contributed by atoms with Gasteiger partial charge in [-0.15, -0.1) is 10.2 Å². The molecular formula is C12H11N5O5. The largest absolute Gasteiger partial charge is 0.493 e. The average Bonchev–Trinajstić information content (AvgIpc) is 2.51. The number of benzene rings is 1. The molecule has 10 nitrogen and oxygen atoms in total. The van der Waals surface area contributed by atoms with Crippen LogP contribution in [0, 0.1) is 10.1 Å². The van der Waals surface area contributed by atoms with Crippen LogP contribution in [0.4, 0.5) is 17.1 Å². The van der Waals surface area contributed by atoms with Crippen LogP contribution in [-0.4, -0.2) is 19.2 Å². The third-order valence-electron chi connectivity index (χ3n) is 2.92. The first kappa shape index (κ1) is 15.1. The predicted molar refractivity (Wildman–Crippen MR) is 75.9 cm³/mol. The fraction of sp³-hybridized carbons (Fsp3) is 0.167. The molecule has 0 aliphatic carbocycles. The zero-order valence-corrected chi connectivity index (χ0v) is 11.6. The Labute approximate surface area is 122 Å². The minimum Gasteiger partial charge on any atom is -0.493 e. The molecule has 0 saturated carbocycles. The summed E-state index contributed by atoms with van der Waals surface area (Å²) in [5, 5.41) is 27.7. The van der Waals surface area contributed by atoms with E-state index in [0.717, 1.165) is 15.2 Å². The lowest BCUT2D eigenvalue weighted by Gasteiger charge is -2.06. The number of rotatable bonds is 3. The maximum absolute atomic E-state index is 11.9. The molecule has 0 atom stereocenters. The van der Waals surface area contributed by atoms with Crippen LogP contribution in [0.2, 0.25) is 0 Å². The maximum atomic E-state index is 11.9. The molecule has 0 aliphatic rings. The molecular weight excluding hydrogens is 294 g/mol. The number of nitro groups is 1. The third-order valence-corrected chi connectivity index (χ3v) is 2.92. The maximum Gasteiger partial charge on any atom is 0.333 e. The summed E-state index contributed by atoms with van der Waals surface area (Å²) in [5.41, 5.74) is -2.03. The molecule has 1 aromatic heterocycles. The van der Waals surface area contributed by atoms with E-state index in [1.165, 1.54) is 32.3 Å². The van der Waals surface area contributed by atoms with Gasteiger partial charge in [0.1, 0.15) is 0 Å². The van der Waals surface area contributed by atoms with Crippen LogP contribution < -0.4 is 11.2 Å². The standard InChI is InChI=1S/C12H11N5O5/c1-15-10(18)9(11(19)16(2)12(15)20)14-13-7-4-3-5-8(6-7)17(21)22/h3-6,18H,1-2H3. The highest BCUT2D eigenvalue weighted by Crippen LogP contribution is 2.24. The number of hydrogen-bond acceptors (Lipinski definition) is 7. The van der Waals surface area contributed by atoms with Gasteiger partial charge in [0, 0.05) is 26.2 Å². The number of nitrogens with zero attached hydrogens (tertiary/aromatic N) is 5. The molecule has 10 heteroatoms. The lowest BCUT2D eigenvalue weighted by atomic mass is 10.3. The number of non-ortho nitro benzene ring substituents is 1. The van der Waals surface area contributed by atoms with E-state index in [2.05, 4.69) is 10.2 Å². The monoisotopic (exact) mass is 305 g/mol. The van der Waals surface area contributed by atoms with Crippen LogP contribution in [0.25, 0.3) is 0 Å². The minimum atomic E-state index is -0.824. The third kappa shape index (κ3) is 2.61. The first-order chi connectivity index (χ1) is 10.3. The second kappa shape index (κ2) is 5.60. The summed E-state index contributed by atoms with van der Waals surface area (Å²) in [7, 11) is 2.50. The molecule has 0 aliphatic heterocycles. The fourth-order valence-corrected chi connectivity index (χ4v) is 1.68. The average molecular weight is 305 g/mol. The van der Waals surface area contributed by atoms with E-state index in [-0.39, 0.29) is 11.4 Å². The van der Waals surface area contributed by atoms with E-state index in [1.54, 1.807) is 0 Å². The summed E-state index contributed by atoms with van der Waals surface area (Å²) in [6, 6.07) is 5.29. The van der Waals surface area contributed by atoms with E-state index in [9.17, 15) is 24.8 Å². The summed E-state index contributed by atoms with van der Waals surface area (Å²) < 4.78 is 1.60. The molecule has 0 amide bonds. The Morgan fingerprint density at radius 3 is 2.50 bits per heavy atom. The summed E-state index contributed by atoms with van der Waals surface area (Å²) in [6.45, 7) is 0. The van der Waals surface area contributed by atoms with Crippen molar-refractivity contribution in [3.63, 3.8) is 0 Å². The zero-order chi connectivity index (χ0) is 16.4. The van der Waals surface area contributed by atoms with Crippen molar-refractivity contribution in [1.29, 1.82) is 0 Å². The molecule has 0 unspecified atom stereocenters. The smallest absolute Gasteiger partial charge is 0.333 e. The highest BCUT2D eigenvalue weighted by molar-refractivity contribution is 5.48. The van der Waals surface area contributed by atoms with Gasteiger partial charge in [-0.25, -0.2) is 4.79 Å². The van der Waals surface area contributed by atoms with Crippen molar-refractivity contribution >= 4 is 17.1 Å². The van der Waals surface area contributed by atoms with Crippen LogP contribution >= 0.6 is 0 Å². The Hall–Kier alpha value is -3.30. The Kier molecular flexibility index (Phi) is 3.84. The summed E-state index contributed by atoms with van der Waals surface area (Å²) >= 11 is 0. The zero-order valence-electron chi connectivity index (χ0n) is 11.6. The summed E-state index contributed by atoms with van der Waals surface area (Å²) in [4.78, 5) is 33.5. The number of azo groups is 1. The Morgan fingerprint density at radius 2 is 1.86 bits per heavy atom. The highest BCUT2D eigenvalue weighted by atomic mass is 16.6. The molecule has 1 N–H and O–H groups in total. The molecule has 2 aromatic rings. The summed E-state index contributed by atoms with van der Waals surface area (Å²) in [5.74, 6) is -0.637. The molecule has 114 valence electrons. The number of aromatic hydroxyl groups is 1. The lowest BCUT2D eigenvalue weighted by molar-refractivity contribution is -0.384. The van der Waals surface area contributed by atoms with Crippen molar-refractivity contribution in [3.8, 4) is 5.88 Å². The normalized spacial score (nSPS) is 11.0. The molecule has 1 heterocycles. The van der Waals surface area contributed by atoms with Crippen molar-refractivity contribution in [2.45, 2.75) is 0 Å². The van der Waals surface area contributed by atoms with Gasteiger partial charge in [0.2, 0.25) is 11.6 Å². The second-order valence-corrected chi connectivity index (χ2v) is 4.35. The Morgan fingerprint density at radius 1 is 1.18 bits per heavy atom. The number of hydrogen-bond donors (Lipinski definition) is 1. The van der Waals surface area contributed by atoms with Crippen LogP contribution in [0.1, 0.15) is 0 Å². The van der Waals surface area contributed by atoms with Gasteiger partial charge in [-0.1, -0.05) is 6.07 Å². The molecule has 0 bridgehead atoms. The van der Waals surface area contributed by atoms with Gasteiger partial charge >= 0.3 is 5.69 Å². The quantitative estimate of drug-likeness (QED) is 0.515. The Balaban J connectivity index is 2.52. The molecule has 1 aromatic carbocycles. The van der Waals surface area contributed by atoms with Gasteiger partial charge in [0.05, 0.1) is 10.6 Å². The Bertz CT molecular complexity index is 896. The van der Waals surface area contributed by atoms with Gasteiger partial charge in [0.25, 0.3) is 11.2 Å². The molecule has 2 rings (SSSR count).